The molecular formula is C14H17ClN4O. The maximum Gasteiger partial charge on any atom is 0.273 e. The molecule has 0 unspecified atom stereocenters. The second kappa shape index (κ2) is 5.54. The lowest BCUT2D eigenvalue weighted by molar-refractivity contribution is 0.101. The van der Waals surface area contributed by atoms with E-state index in [1.165, 1.54) is 0 Å². The maximum atomic E-state index is 12.3. The molecule has 1 aromatic heterocycles. The van der Waals surface area contributed by atoms with Gasteiger partial charge < -0.3 is 11.1 Å². The number of carbonyl (C=O) groups is 1. The minimum absolute atomic E-state index is 0.219. The van der Waals surface area contributed by atoms with E-state index in [-0.39, 0.29) is 5.91 Å². The minimum atomic E-state index is -0.219. The van der Waals surface area contributed by atoms with Crippen LogP contribution in [0.1, 0.15) is 28.7 Å². The Bertz CT molecular complexity index is 663. The van der Waals surface area contributed by atoms with Gasteiger partial charge in [0.1, 0.15) is 5.69 Å². The second-order valence-corrected chi connectivity index (χ2v) is 5.05. The summed E-state index contributed by atoms with van der Waals surface area (Å²) in [6, 6.07) is 5.17. The van der Waals surface area contributed by atoms with Crippen LogP contribution in [0, 0.1) is 6.92 Å². The molecule has 0 aliphatic rings. The van der Waals surface area contributed by atoms with Gasteiger partial charge in [-0.1, -0.05) is 18.5 Å². The third kappa shape index (κ3) is 2.77. The lowest BCUT2D eigenvalue weighted by atomic mass is 10.1. The van der Waals surface area contributed by atoms with Crippen LogP contribution < -0.4 is 11.1 Å². The van der Waals surface area contributed by atoms with Gasteiger partial charge in [-0.15, -0.1) is 0 Å². The van der Waals surface area contributed by atoms with Gasteiger partial charge >= 0.3 is 0 Å². The fourth-order valence-electron chi connectivity index (χ4n) is 1.94. The summed E-state index contributed by atoms with van der Waals surface area (Å²) in [6.45, 7) is 3.86. The fraction of sp³-hybridized carbons (Fsp3) is 0.286. The largest absolute Gasteiger partial charge is 0.398 e. The molecule has 0 fully saturated rings. The molecule has 0 spiro atoms. The molecule has 1 amide bonds. The summed E-state index contributed by atoms with van der Waals surface area (Å²) in [5, 5.41) is 7.51. The van der Waals surface area contributed by atoms with Crippen molar-refractivity contribution >= 4 is 28.9 Å². The molecule has 0 atom stereocenters. The normalized spacial score (nSPS) is 10.6. The van der Waals surface area contributed by atoms with Gasteiger partial charge in [-0.25, -0.2) is 0 Å². The summed E-state index contributed by atoms with van der Waals surface area (Å²) in [5.74, 6) is -0.219. The van der Waals surface area contributed by atoms with Crippen molar-refractivity contribution in [2.45, 2.75) is 20.3 Å². The summed E-state index contributed by atoms with van der Waals surface area (Å²) < 4.78 is 1.57. The Labute approximate surface area is 122 Å². The molecule has 0 saturated heterocycles. The average Bonchev–Trinajstić information content (AvgIpc) is 2.77. The number of halogens is 1. The third-order valence-electron chi connectivity index (χ3n) is 3.12. The van der Waals surface area contributed by atoms with Gasteiger partial charge in [0.2, 0.25) is 0 Å². The molecule has 5 nitrogen and oxygen atoms in total. The van der Waals surface area contributed by atoms with Crippen molar-refractivity contribution < 1.29 is 4.79 Å². The van der Waals surface area contributed by atoms with Crippen molar-refractivity contribution in [1.82, 2.24) is 9.78 Å². The zero-order valence-corrected chi connectivity index (χ0v) is 12.5. The SMILES string of the molecule is CCc1cc(C(=O)Nc2cc(Cl)c(N)cc2C)n(C)n1. The number of hydrogen-bond acceptors (Lipinski definition) is 3. The molecule has 0 radical (unpaired) electrons. The number of anilines is 2. The Morgan fingerprint density at radius 2 is 2.15 bits per heavy atom. The van der Waals surface area contributed by atoms with Gasteiger partial charge in [0.25, 0.3) is 5.91 Å². The molecule has 20 heavy (non-hydrogen) atoms. The lowest BCUT2D eigenvalue weighted by Gasteiger charge is -2.10. The summed E-state index contributed by atoms with van der Waals surface area (Å²) in [6.07, 6.45) is 0.786. The van der Waals surface area contributed by atoms with Crippen molar-refractivity contribution in [3.63, 3.8) is 0 Å². The number of amides is 1. The van der Waals surface area contributed by atoms with Crippen LogP contribution >= 0.6 is 11.6 Å². The number of nitrogens with two attached hydrogens (primary N) is 1. The zero-order chi connectivity index (χ0) is 14.9. The molecule has 106 valence electrons. The van der Waals surface area contributed by atoms with E-state index in [0.717, 1.165) is 17.7 Å². The predicted octanol–water partition coefficient (Wildman–Crippen LogP) is 2.78. The summed E-state index contributed by atoms with van der Waals surface area (Å²) in [4.78, 5) is 12.3. The number of nitrogens with one attached hydrogen (secondary N) is 1. The standard InChI is InChI=1S/C14H17ClN4O/c1-4-9-6-13(19(3)18-9)14(20)17-12-7-10(15)11(16)5-8(12)2/h5-7H,4,16H2,1-3H3,(H,17,20). The van der Waals surface area contributed by atoms with Crippen LogP contribution in [-0.2, 0) is 13.5 Å². The van der Waals surface area contributed by atoms with Crippen molar-refractivity contribution in [1.29, 1.82) is 0 Å². The first kappa shape index (κ1) is 14.4. The Morgan fingerprint density at radius 1 is 1.45 bits per heavy atom. The van der Waals surface area contributed by atoms with Crippen LogP contribution in [0.5, 0.6) is 0 Å². The third-order valence-corrected chi connectivity index (χ3v) is 3.44. The highest BCUT2D eigenvalue weighted by Crippen LogP contribution is 2.27. The van der Waals surface area contributed by atoms with Crippen LogP contribution in [0.15, 0.2) is 18.2 Å². The zero-order valence-electron chi connectivity index (χ0n) is 11.7. The fourth-order valence-corrected chi connectivity index (χ4v) is 2.10. The van der Waals surface area contributed by atoms with Crippen molar-refractivity contribution in [2.75, 3.05) is 11.1 Å². The van der Waals surface area contributed by atoms with Gasteiger partial charge in [-0.3, -0.25) is 9.48 Å². The number of aryl methyl sites for hydroxylation is 3. The smallest absolute Gasteiger partial charge is 0.273 e. The molecule has 3 N–H and O–H groups in total. The molecule has 2 rings (SSSR count). The first-order valence-corrected chi connectivity index (χ1v) is 6.70. The van der Waals surface area contributed by atoms with E-state index in [1.54, 1.807) is 29.9 Å². The molecule has 1 heterocycles. The average molecular weight is 293 g/mol. The van der Waals surface area contributed by atoms with Crippen LogP contribution in [0.2, 0.25) is 5.02 Å². The lowest BCUT2D eigenvalue weighted by Crippen LogP contribution is -2.16. The first-order valence-electron chi connectivity index (χ1n) is 6.32. The summed E-state index contributed by atoms with van der Waals surface area (Å²) in [5.41, 5.74) is 9.11. The summed E-state index contributed by atoms with van der Waals surface area (Å²) in [7, 11) is 1.75. The van der Waals surface area contributed by atoms with Gasteiger partial charge in [0.15, 0.2) is 0 Å². The summed E-state index contributed by atoms with van der Waals surface area (Å²) >= 11 is 5.98. The predicted molar refractivity (Wildman–Crippen MR) is 81.1 cm³/mol. The van der Waals surface area contributed by atoms with E-state index in [2.05, 4.69) is 10.4 Å². The Balaban J connectivity index is 2.27. The highest BCUT2D eigenvalue weighted by molar-refractivity contribution is 6.33. The van der Waals surface area contributed by atoms with Crippen molar-refractivity contribution in [3.05, 3.63) is 40.2 Å². The Morgan fingerprint density at radius 3 is 2.75 bits per heavy atom. The number of rotatable bonds is 3. The highest BCUT2D eigenvalue weighted by atomic mass is 35.5. The molecule has 0 aliphatic heterocycles. The topological polar surface area (TPSA) is 72.9 Å². The van der Waals surface area contributed by atoms with E-state index in [9.17, 15) is 4.79 Å². The quantitative estimate of drug-likeness (QED) is 0.854. The van der Waals surface area contributed by atoms with Gasteiger partial charge in [-0.05, 0) is 37.1 Å². The molecule has 0 aliphatic carbocycles. The Hall–Kier alpha value is -2.01. The van der Waals surface area contributed by atoms with E-state index in [0.29, 0.717) is 22.1 Å². The molecule has 1 aromatic carbocycles. The maximum absolute atomic E-state index is 12.3. The Kier molecular flexibility index (Phi) is 3.99. The highest BCUT2D eigenvalue weighted by Gasteiger charge is 2.14. The van der Waals surface area contributed by atoms with Crippen LogP contribution in [-0.4, -0.2) is 15.7 Å². The van der Waals surface area contributed by atoms with Crippen molar-refractivity contribution in [3.8, 4) is 0 Å². The van der Waals surface area contributed by atoms with E-state index < -0.39 is 0 Å². The van der Waals surface area contributed by atoms with Gasteiger partial charge in [0.05, 0.1) is 16.4 Å². The van der Waals surface area contributed by atoms with E-state index in [1.807, 2.05) is 13.8 Å². The molecule has 6 heteroatoms. The number of nitrogen functional groups attached to an aromatic ring is 1. The van der Waals surface area contributed by atoms with Gasteiger partial charge in [0, 0.05) is 12.7 Å². The van der Waals surface area contributed by atoms with Crippen molar-refractivity contribution in [2.24, 2.45) is 7.05 Å². The second-order valence-electron chi connectivity index (χ2n) is 4.64. The number of aromatic nitrogens is 2. The monoisotopic (exact) mass is 292 g/mol. The van der Waals surface area contributed by atoms with Crippen LogP contribution in [0.3, 0.4) is 0 Å². The van der Waals surface area contributed by atoms with E-state index >= 15 is 0 Å². The number of nitrogens with zero attached hydrogens (tertiary/aromatic N) is 2. The molecule has 0 bridgehead atoms. The number of hydrogen-bond donors (Lipinski definition) is 2. The first-order chi connectivity index (χ1) is 9.42. The van der Waals surface area contributed by atoms with Crippen LogP contribution in [0.4, 0.5) is 11.4 Å². The van der Waals surface area contributed by atoms with Gasteiger partial charge in [-0.2, -0.15) is 5.10 Å². The molecular weight excluding hydrogens is 276 g/mol. The molecule has 2 aromatic rings. The van der Waals surface area contributed by atoms with E-state index in [4.69, 9.17) is 17.3 Å². The number of benzene rings is 1. The minimum Gasteiger partial charge on any atom is -0.398 e. The molecule has 0 saturated carbocycles. The van der Waals surface area contributed by atoms with Crippen LogP contribution in [0.25, 0.3) is 0 Å². The number of carbonyl (C=O) groups excluding carboxylic acids is 1.